The van der Waals surface area contributed by atoms with Crippen LogP contribution in [-0.2, 0) is 14.2 Å². The maximum atomic E-state index is 9.54. The lowest BCUT2D eigenvalue weighted by molar-refractivity contribution is -0.0347. The van der Waals surface area contributed by atoms with Crippen molar-refractivity contribution >= 4 is 5.71 Å². The monoisotopic (exact) mass is 491 g/mol. The predicted octanol–water partition coefficient (Wildman–Crippen LogP) is 1.43. The summed E-state index contributed by atoms with van der Waals surface area (Å²) in [5.74, 6) is 0. The molecule has 9 nitrogen and oxygen atoms in total. The molecule has 204 valence electrons. The van der Waals surface area contributed by atoms with Gasteiger partial charge in [0.1, 0.15) is 0 Å². The van der Waals surface area contributed by atoms with Gasteiger partial charge < -0.3 is 29.5 Å². The van der Waals surface area contributed by atoms with Gasteiger partial charge in [0.2, 0.25) is 0 Å². The van der Waals surface area contributed by atoms with Crippen LogP contribution in [0.25, 0.3) is 0 Å². The highest BCUT2D eigenvalue weighted by Crippen LogP contribution is 2.05. The molecule has 0 saturated carbocycles. The number of aliphatic hydroxyl groups is 3. The van der Waals surface area contributed by atoms with Crippen LogP contribution in [0, 0.1) is 0 Å². The van der Waals surface area contributed by atoms with Gasteiger partial charge in [-0.2, -0.15) is 0 Å². The minimum Gasteiger partial charge on any atom is -0.391 e. The summed E-state index contributed by atoms with van der Waals surface area (Å²) in [5, 5.41) is 28.6. The highest BCUT2D eigenvalue weighted by Gasteiger charge is 2.18. The molecule has 0 rings (SSSR count). The van der Waals surface area contributed by atoms with Gasteiger partial charge >= 0.3 is 0 Å². The van der Waals surface area contributed by atoms with Gasteiger partial charge in [-0.15, -0.1) is 0 Å². The maximum Gasteiger partial charge on any atom is 0.0745 e. The molecular formula is C25H53N3O6. The first-order valence-corrected chi connectivity index (χ1v) is 12.7. The lowest BCUT2D eigenvalue weighted by Crippen LogP contribution is -2.45. The molecule has 0 aliphatic rings. The highest BCUT2D eigenvalue weighted by atomic mass is 16.5. The van der Waals surface area contributed by atoms with Gasteiger partial charge in [-0.05, 0) is 55.4 Å². The summed E-state index contributed by atoms with van der Waals surface area (Å²) in [4.78, 5) is 9.19. The van der Waals surface area contributed by atoms with E-state index in [-0.39, 0.29) is 18.3 Å². The Labute approximate surface area is 208 Å². The van der Waals surface area contributed by atoms with Crippen LogP contribution in [0.3, 0.4) is 0 Å². The summed E-state index contributed by atoms with van der Waals surface area (Å²) in [7, 11) is 0. The van der Waals surface area contributed by atoms with Gasteiger partial charge in [0.15, 0.2) is 0 Å². The molecule has 0 aromatic heterocycles. The van der Waals surface area contributed by atoms with Crippen LogP contribution >= 0.6 is 0 Å². The minimum atomic E-state index is -0.495. The second-order valence-electron chi connectivity index (χ2n) is 9.87. The van der Waals surface area contributed by atoms with Crippen LogP contribution in [0.4, 0.5) is 0 Å². The Morgan fingerprint density at radius 3 is 1.32 bits per heavy atom. The van der Waals surface area contributed by atoms with Crippen LogP contribution in [0.2, 0.25) is 0 Å². The summed E-state index contributed by atoms with van der Waals surface area (Å²) in [6.07, 6.45) is -1.54. The smallest absolute Gasteiger partial charge is 0.0745 e. The largest absolute Gasteiger partial charge is 0.391 e. The number of aliphatic hydroxyl groups excluding tert-OH is 3. The summed E-state index contributed by atoms with van der Waals surface area (Å²) in [5.41, 5.74) is 1.06. The van der Waals surface area contributed by atoms with Gasteiger partial charge in [0.25, 0.3) is 0 Å². The van der Waals surface area contributed by atoms with E-state index in [2.05, 4.69) is 14.8 Å². The quantitative estimate of drug-likeness (QED) is 0.207. The SMILES string of the molecule is CC(C)=NCCN(CCN(CC(C)OCC(C)O)CC(C)OCC(C)O)CC(C)OCC(C)O. The van der Waals surface area contributed by atoms with Crippen molar-refractivity contribution in [2.24, 2.45) is 4.99 Å². The number of rotatable bonds is 21. The topological polar surface area (TPSA) is 107 Å². The van der Waals surface area contributed by atoms with Gasteiger partial charge in [0, 0.05) is 45.0 Å². The molecule has 0 aliphatic heterocycles. The van der Waals surface area contributed by atoms with E-state index in [9.17, 15) is 15.3 Å². The zero-order valence-corrected chi connectivity index (χ0v) is 22.9. The fourth-order valence-corrected chi connectivity index (χ4v) is 3.41. The summed E-state index contributed by atoms with van der Waals surface area (Å²) in [6, 6.07) is 0. The molecule has 9 heteroatoms. The molecule has 6 atom stereocenters. The van der Waals surface area contributed by atoms with E-state index in [1.165, 1.54) is 0 Å². The number of nitrogens with zero attached hydrogens (tertiary/aromatic N) is 3. The van der Waals surface area contributed by atoms with Crippen LogP contribution in [-0.4, -0.2) is 133 Å². The van der Waals surface area contributed by atoms with E-state index < -0.39 is 18.3 Å². The van der Waals surface area contributed by atoms with Crippen LogP contribution < -0.4 is 0 Å². The molecule has 0 radical (unpaired) electrons. The zero-order chi connectivity index (χ0) is 26.1. The van der Waals surface area contributed by atoms with Crippen molar-refractivity contribution in [2.45, 2.75) is 92.0 Å². The third-order valence-corrected chi connectivity index (χ3v) is 4.99. The van der Waals surface area contributed by atoms with Crippen LogP contribution in [0.1, 0.15) is 55.4 Å². The molecule has 0 amide bonds. The Morgan fingerprint density at radius 1 is 0.618 bits per heavy atom. The fourth-order valence-electron chi connectivity index (χ4n) is 3.41. The van der Waals surface area contributed by atoms with Crippen molar-refractivity contribution in [1.29, 1.82) is 0 Å². The lowest BCUT2D eigenvalue weighted by atomic mass is 10.2. The van der Waals surface area contributed by atoms with E-state index in [0.29, 0.717) is 32.9 Å². The Kier molecular flexibility index (Phi) is 19.2. The van der Waals surface area contributed by atoms with Crippen LogP contribution in [0.15, 0.2) is 4.99 Å². The Balaban J connectivity index is 5.08. The van der Waals surface area contributed by atoms with Crippen molar-refractivity contribution in [3.05, 3.63) is 0 Å². The molecule has 34 heavy (non-hydrogen) atoms. The molecule has 0 aliphatic carbocycles. The zero-order valence-electron chi connectivity index (χ0n) is 22.9. The summed E-state index contributed by atoms with van der Waals surface area (Å²) >= 11 is 0. The molecule has 0 bridgehead atoms. The summed E-state index contributed by atoms with van der Waals surface area (Å²) in [6.45, 7) is 21.5. The van der Waals surface area contributed by atoms with E-state index >= 15 is 0 Å². The number of ether oxygens (including phenoxy) is 3. The summed E-state index contributed by atoms with van der Waals surface area (Å²) < 4.78 is 17.3. The Bertz CT molecular complexity index is 495. The second kappa shape index (κ2) is 19.5. The molecule has 0 heterocycles. The molecule has 0 aromatic rings. The van der Waals surface area contributed by atoms with E-state index in [1.54, 1.807) is 20.8 Å². The van der Waals surface area contributed by atoms with Crippen molar-refractivity contribution in [3.8, 4) is 0 Å². The van der Waals surface area contributed by atoms with Crippen LogP contribution in [0.5, 0.6) is 0 Å². The van der Waals surface area contributed by atoms with Crippen molar-refractivity contribution in [2.75, 3.05) is 65.6 Å². The molecule has 0 saturated heterocycles. The second-order valence-corrected chi connectivity index (χ2v) is 9.87. The van der Waals surface area contributed by atoms with Crippen molar-refractivity contribution in [1.82, 2.24) is 9.80 Å². The Hall–Kier alpha value is -0.650. The first-order chi connectivity index (χ1) is 15.9. The maximum absolute atomic E-state index is 9.54. The highest BCUT2D eigenvalue weighted by molar-refractivity contribution is 5.79. The molecule has 0 fully saturated rings. The predicted molar refractivity (Wildman–Crippen MR) is 138 cm³/mol. The average molecular weight is 492 g/mol. The molecule has 0 spiro atoms. The normalized spacial score (nSPS) is 17.4. The number of hydrogen-bond donors (Lipinski definition) is 3. The Morgan fingerprint density at radius 2 is 0.971 bits per heavy atom. The first kappa shape index (κ1) is 33.4. The first-order valence-electron chi connectivity index (χ1n) is 12.7. The fraction of sp³-hybridized carbons (Fsp3) is 0.960. The third-order valence-electron chi connectivity index (χ3n) is 4.99. The number of hydrogen-bond acceptors (Lipinski definition) is 9. The van der Waals surface area contributed by atoms with Gasteiger partial charge in [-0.3, -0.25) is 14.8 Å². The molecule has 6 unspecified atom stereocenters. The molecule has 0 aromatic carbocycles. The number of aliphatic imine (C=N–C) groups is 1. The van der Waals surface area contributed by atoms with Gasteiger partial charge in [0.05, 0.1) is 63.0 Å². The van der Waals surface area contributed by atoms with Gasteiger partial charge in [-0.1, -0.05) is 0 Å². The van der Waals surface area contributed by atoms with Gasteiger partial charge in [-0.25, -0.2) is 0 Å². The minimum absolute atomic E-state index is 0.00338. The average Bonchev–Trinajstić information content (AvgIpc) is 2.72. The lowest BCUT2D eigenvalue weighted by Gasteiger charge is -2.32. The van der Waals surface area contributed by atoms with Crippen molar-refractivity contribution in [3.63, 3.8) is 0 Å². The van der Waals surface area contributed by atoms with E-state index in [4.69, 9.17) is 14.2 Å². The molecular weight excluding hydrogens is 438 g/mol. The van der Waals surface area contributed by atoms with Crippen molar-refractivity contribution < 1.29 is 29.5 Å². The molecule has 3 N–H and O–H groups in total. The standard InChI is InChI=1S/C25H53N3O6/c1-19(2)26-9-10-27(13-23(6)32-16-20(3)29)11-12-28(14-24(7)33-17-21(4)30)15-25(8)34-18-22(5)31/h20-25,29-31H,9-18H2,1-8H3. The third kappa shape index (κ3) is 20.7. The van der Waals surface area contributed by atoms with E-state index in [1.807, 2.05) is 34.6 Å². The van der Waals surface area contributed by atoms with E-state index in [0.717, 1.165) is 38.4 Å².